The molecule has 0 aromatic heterocycles. The fraction of sp³-hybridized carbons (Fsp3) is 0.556. The van der Waals surface area contributed by atoms with Crippen molar-refractivity contribution in [3.63, 3.8) is 0 Å². The number of ether oxygens (including phenoxy) is 2. The summed E-state index contributed by atoms with van der Waals surface area (Å²) in [5, 5.41) is 2.22. The van der Waals surface area contributed by atoms with Gasteiger partial charge in [0.1, 0.15) is 5.75 Å². The molecule has 1 rings (SSSR count). The number of aryl methyl sites for hydroxylation is 2. The van der Waals surface area contributed by atoms with Crippen LogP contribution in [0.2, 0.25) is 0 Å². The fourth-order valence-electron chi connectivity index (χ4n) is 2.47. The van der Waals surface area contributed by atoms with Crippen LogP contribution in [0.4, 0.5) is 4.79 Å². The second kappa shape index (κ2) is 10.6. The Morgan fingerprint density at radius 3 is 2.38 bits per heavy atom. The van der Waals surface area contributed by atoms with Gasteiger partial charge in [0.2, 0.25) is 0 Å². The molecule has 2 amide bonds. The molecule has 6 heteroatoms. The van der Waals surface area contributed by atoms with Crippen LogP contribution in [0.5, 0.6) is 5.75 Å². The SMILES string of the molecule is CCOC(=O)NC(=O)C[NH+](CC)CCCOc1cc(C)cc(C)c1. The molecule has 1 atom stereocenters. The molecular weight excluding hydrogens is 308 g/mol. The number of benzene rings is 1. The molecule has 0 aliphatic heterocycles. The Morgan fingerprint density at radius 1 is 1.12 bits per heavy atom. The molecule has 6 nitrogen and oxygen atoms in total. The van der Waals surface area contributed by atoms with Crippen molar-refractivity contribution in [1.82, 2.24) is 5.32 Å². The molecule has 0 fully saturated rings. The minimum Gasteiger partial charge on any atom is -0.493 e. The van der Waals surface area contributed by atoms with Gasteiger partial charge >= 0.3 is 6.09 Å². The smallest absolute Gasteiger partial charge is 0.414 e. The Kier molecular flexibility index (Phi) is 8.86. The molecule has 0 heterocycles. The normalized spacial score (nSPS) is 11.7. The van der Waals surface area contributed by atoms with Crippen LogP contribution in [-0.2, 0) is 9.53 Å². The summed E-state index contributed by atoms with van der Waals surface area (Å²) in [6.07, 6.45) is 0.152. The number of likely N-dealkylation sites (N-methyl/N-ethyl adjacent to an activating group) is 1. The largest absolute Gasteiger partial charge is 0.493 e. The van der Waals surface area contributed by atoms with Gasteiger partial charge in [-0.15, -0.1) is 0 Å². The van der Waals surface area contributed by atoms with Crippen molar-refractivity contribution in [3.05, 3.63) is 29.3 Å². The van der Waals surface area contributed by atoms with Gasteiger partial charge in [0.15, 0.2) is 6.54 Å². The average Bonchev–Trinajstić information content (AvgIpc) is 2.49. The van der Waals surface area contributed by atoms with Crippen LogP contribution in [0.3, 0.4) is 0 Å². The van der Waals surface area contributed by atoms with E-state index in [-0.39, 0.29) is 19.1 Å². The van der Waals surface area contributed by atoms with Crippen molar-refractivity contribution < 1.29 is 24.0 Å². The molecule has 0 aliphatic rings. The van der Waals surface area contributed by atoms with E-state index < -0.39 is 6.09 Å². The molecule has 1 unspecified atom stereocenters. The summed E-state index contributed by atoms with van der Waals surface area (Å²) in [5.41, 5.74) is 2.36. The van der Waals surface area contributed by atoms with Crippen LogP contribution in [0.15, 0.2) is 18.2 Å². The van der Waals surface area contributed by atoms with Gasteiger partial charge in [0, 0.05) is 6.42 Å². The highest BCUT2D eigenvalue weighted by molar-refractivity contribution is 5.92. The van der Waals surface area contributed by atoms with E-state index in [9.17, 15) is 9.59 Å². The van der Waals surface area contributed by atoms with Gasteiger partial charge in [0.25, 0.3) is 5.91 Å². The van der Waals surface area contributed by atoms with E-state index >= 15 is 0 Å². The Morgan fingerprint density at radius 2 is 1.79 bits per heavy atom. The number of amides is 2. The second-order valence-electron chi connectivity index (χ2n) is 5.82. The van der Waals surface area contributed by atoms with Gasteiger partial charge in [-0.3, -0.25) is 10.1 Å². The van der Waals surface area contributed by atoms with Crippen molar-refractivity contribution in [2.75, 3.05) is 32.8 Å². The van der Waals surface area contributed by atoms with E-state index in [0.717, 1.165) is 30.2 Å². The third kappa shape index (κ3) is 7.97. The van der Waals surface area contributed by atoms with E-state index in [2.05, 4.69) is 11.4 Å². The standard InChI is InChI=1S/C18H28N2O4/c1-5-20(13-17(21)19-18(22)23-6-2)8-7-9-24-16-11-14(3)10-15(4)12-16/h10-12H,5-9,13H2,1-4H3,(H,19,21,22)/p+1. The number of hydrogen-bond donors (Lipinski definition) is 2. The molecule has 0 saturated carbocycles. The van der Waals surface area contributed by atoms with E-state index in [1.54, 1.807) is 6.92 Å². The van der Waals surface area contributed by atoms with E-state index in [0.29, 0.717) is 6.61 Å². The third-order valence-electron chi connectivity index (χ3n) is 3.57. The molecule has 0 bridgehead atoms. The van der Waals surface area contributed by atoms with Crippen LogP contribution < -0.4 is 15.0 Å². The first-order chi connectivity index (χ1) is 11.4. The number of quaternary nitrogens is 1. The highest BCUT2D eigenvalue weighted by Crippen LogP contribution is 2.16. The number of nitrogens with one attached hydrogen (secondary N) is 2. The van der Waals surface area contributed by atoms with Crippen LogP contribution >= 0.6 is 0 Å². The Labute approximate surface area is 144 Å². The van der Waals surface area contributed by atoms with E-state index in [4.69, 9.17) is 9.47 Å². The maximum atomic E-state index is 11.8. The Bertz CT molecular complexity index is 526. The molecule has 0 radical (unpaired) electrons. The zero-order chi connectivity index (χ0) is 17.9. The van der Waals surface area contributed by atoms with Crippen LogP contribution in [-0.4, -0.2) is 44.8 Å². The van der Waals surface area contributed by atoms with Gasteiger partial charge in [-0.2, -0.15) is 0 Å². The molecule has 0 aliphatic carbocycles. The van der Waals surface area contributed by atoms with Crippen molar-refractivity contribution >= 4 is 12.0 Å². The lowest BCUT2D eigenvalue weighted by molar-refractivity contribution is -0.890. The number of alkyl carbamates (subject to hydrolysis) is 1. The summed E-state index contributed by atoms with van der Waals surface area (Å²) < 4.78 is 10.5. The van der Waals surface area contributed by atoms with E-state index in [1.807, 2.05) is 32.9 Å². The fourth-order valence-corrected chi connectivity index (χ4v) is 2.47. The monoisotopic (exact) mass is 337 g/mol. The molecule has 0 spiro atoms. The van der Waals surface area contributed by atoms with Crippen LogP contribution in [0, 0.1) is 13.8 Å². The van der Waals surface area contributed by atoms with Gasteiger partial charge in [0.05, 0.1) is 26.3 Å². The van der Waals surface area contributed by atoms with Gasteiger partial charge in [-0.05, 0) is 51.0 Å². The van der Waals surface area contributed by atoms with Crippen molar-refractivity contribution in [3.8, 4) is 5.75 Å². The number of hydrogen-bond acceptors (Lipinski definition) is 4. The van der Waals surface area contributed by atoms with Gasteiger partial charge in [-0.1, -0.05) is 6.07 Å². The zero-order valence-corrected chi connectivity index (χ0v) is 15.1. The Balaban J connectivity index is 2.30. The predicted molar refractivity (Wildman–Crippen MR) is 92.4 cm³/mol. The van der Waals surface area contributed by atoms with Crippen molar-refractivity contribution in [1.29, 1.82) is 0 Å². The molecular formula is C18H29N2O4+. The number of carbonyl (C=O) groups is 2. The average molecular weight is 337 g/mol. The van der Waals surface area contributed by atoms with Crippen molar-refractivity contribution in [2.24, 2.45) is 0 Å². The third-order valence-corrected chi connectivity index (χ3v) is 3.57. The van der Waals surface area contributed by atoms with E-state index in [1.165, 1.54) is 11.1 Å². The summed E-state index contributed by atoms with van der Waals surface area (Å²) in [6.45, 7) is 10.5. The zero-order valence-electron chi connectivity index (χ0n) is 15.1. The number of imide groups is 1. The minimum absolute atomic E-state index is 0.249. The van der Waals surface area contributed by atoms with Gasteiger partial charge in [-0.25, -0.2) is 4.79 Å². The summed E-state index contributed by atoms with van der Waals surface area (Å²) in [7, 11) is 0. The maximum Gasteiger partial charge on any atom is 0.414 e. The highest BCUT2D eigenvalue weighted by atomic mass is 16.5. The minimum atomic E-state index is -0.684. The first-order valence-electron chi connectivity index (χ1n) is 8.45. The van der Waals surface area contributed by atoms with Crippen LogP contribution in [0.25, 0.3) is 0 Å². The molecule has 1 aromatic rings. The molecule has 2 N–H and O–H groups in total. The second-order valence-corrected chi connectivity index (χ2v) is 5.82. The lowest BCUT2D eigenvalue weighted by Crippen LogP contribution is -3.13. The topological polar surface area (TPSA) is 69.1 Å². The summed E-state index contributed by atoms with van der Waals surface area (Å²) in [6, 6.07) is 6.15. The molecule has 1 aromatic carbocycles. The Hall–Kier alpha value is -2.08. The van der Waals surface area contributed by atoms with Crippen LogP contribution in [0.1, 0.15) is 31.4 Å². The summed E-state index contributed by atoms with van der Waals surface area (Å²) in [5.74, 6) is 0.561. The maximum absolute atomic E-state index is 11.8. The summed E-state index contributed by atoms with van der Waals surface area (Å²) >= 11 is 0. The predicted octanol–water partition coefficient (Wildman–Crippen LogP) is 1.25. The summed E-state index contributed by atoms with van der Waals surface area (Å²) in [4.78, 5) is 24.1. The first-order valence-corrected chi connectivity index (χ1v) is 8.45. The quantitative estimate of drug-likeness (QED) is 0.666. The van der Waals surface area contributed by atoms with Gasteiger partial charge < -0.3 is 14.4 Å². The molecule has 0 saturated heterocycles. The lowest BCUT2D eigenvalue weighted by atomic mass is 10.1. The number of rotatable bonds is 9. The number of carbonyl (C=O) groups excluding carboxylic acids is 2. The molecule has 24 heavy (non-hydrogen) atoms. The lowest BCUT2D eigenvalue weighted by Gasteiger charge is -2.17. The molecule has 134 valence electrons. The highest BCUT2D eigenvalue weighted by Gasteiger charge is 2.15. The first kappa shape index (κ1) is 20.0. The van der Waals surface area contributed by atoms with Crippen molar-refractivity contribution in [2.45, 2.75) is 34.1 Å².